The molecule has 1 atom stereocenters. The van der Waals surface area contributed by atoms with Gasteiger partial charge in [-0.1, -0.05) is 29.8 Å². The fourth-order valence-corrected chi connectivity index (χ4v) is 2.61. The van der Waals surface area contributed by atoms with Gasteiger partial charge in [0.1, 0.15) is 5.75 Å². The van der Waals surface area contributed by atoms with E-state index in [1.165, 1.54) is 0 Å². The fraction of sp³-hybridized carbons (Fsp3) is 0.235. The van der Waals surface area contributed by atoms with Crippen molar-refractivity contribution in [3.63, 3.8) is 0 Å². The van der Waals surface area contributed by atoms with Crippen LogP contribution in [0.15, 0.2) is 42.5 Å². The predicted molar refractivity (Wildman–Crippen MR) is 83.3 cm³/mol. The Bertz CT molecular complexity index is 652. The number of methoxy groups -OCH3 is 1. The molecule has 110 valence electrons. The summed E-state index contributed by atoms with van der Waals surface area (Å²) in [5, 5.41) is 10.2. The second kappa shape index (κ2) is 6.64. The van der Waals surface area contributed by atoms with Crippen LogP contribution in [-0.4, -0.2) is 18.2 Å². The molecule has 21 heavy (non-hydrogen) atoms. The summed E-state index contributed by atoms with van der Waals surface area (Å²) >= 11 is 5.96. The Kier molecular flexibility index (Phi) is 4.86. The van der Waals surface area contributed by atoms with Gasteiger partial charge < -0.3 is 9.84 Å². The lowest BCUT2D eigenvalue weighted by molar-refractivity contribution is -0.138. The molecule has 2 aromatic carbocycles. The number of carbonyl (C=O) groups is 1. The van der Waals surface area contributed by atoms with Gasteiger partial charge in [0.05, 0.1) is 13.0 Å². The van der Waals surface area contributed by atoms with Crippen molar-refractivity contribution in [1.82, 2.24) is 0 Å². The molecular weight excluding hydrogens is 288 g/mol. The highest BCUT2D eigenvalue weighted by molar-refractivity contribution is 6.30. The van der Waals surface area contributed by atoms with E-state index < -0.39 is 11.9 Å². The van der Waals surface area contributed by atoms with Crippen molar-refractivity contribution >= 4 is 17.6 Å². The molecule has 1 N–H and O–H groups in total. The molecule has 0 fully saturated rings. The van der Waals surface area contributed by atoms with Crippen LogP contribution in [0, 0.1) is 6.92 Å². The molecule has 0 spiro atoms. The van der Waals surface area contributed by atoms with E-state index in [-0.39, 0.29) is 0 Å². The molecule has 0 aliphatic rings. The maximum absolute atomic E-state index is 11.6. The smallest absolute Gasteiger partial charge is 0.311 e. The van der Waals surface area contributed by atoms with Crippen LogP contribution < -0.4 is 4.74 Å². The zero-order chi connectivity index (χ0) is 15.4. The number of carboxylic acid groups (broad SMARTS) is 1. The van der Waals surface area contributed by atoms with E-state index in [0.29, 0.717) is 11.4 Å². The van der Waals surface area contributed by atoms with Gasteiger partial charge in [0.15, 0.2) is 0 Å². The van der Waals surface area contributed by atoms with E-state index >= 15 is 0 Å². The molecule has 0 amide bonds. The first-order valence-corrected chi connectivity index (χ1v) is 7.01. The Morgan fingerprint density at radius 2 is 2.05 bits per heavy atom. The third-order valence-electron chi connectivity index (χ3n) is 3.48. The molecule has 0 aromatic heterocycles. The molecule has 0 aliphatic carbocycles. The standard InChI is InChI=1S/C17H17ClO3/c1-11-8-14(21-2)6-7-15(11)16(17(19)20)10-12-4-3-5-13(18)9-12/h3-9,16H,10H2,1-2H3,(H,19,20). The van der Waals surface area contributed by atoms with E-state index in [1.807, 2.05) is 31.2 Å². The van der Waals surface area contributed by atoms with Gasteiger partial charge in [0.2, 0.25) is 0 Å². The highest BCUT2D eigenvalue weighted by Gasteiger charge is 2.22. The summed E-state index contributed by atoms with van der Waals surface area (Å²) in [6.45, 7) is 1.89. The molecule has 4 heteroatoms. The number of aryl methyl sites for hydroxylation is 1. The second-order valence-electron chi connectivity index (χ2n) is 4.95. The average molecular weight is 305 g/mol. The zero-order valence-electron chi connectivity index (χ0n) is 12.0. The summed E-state index contributed by atoms with van der Waals surface area (Å²) in [4.78, 5) is 11.6. The Hall–Kier alpha value is -2.00. The minimum atomic E-state index is -0.844. The number of benzene rings is 2. The van der Waals surface area contributed by atoms with Crippen molar-refractivity contribution in [3.05, 3.63) is 64.2 Å². The molecule has 0 heterocycles. The third kappa shape index (κ3) is 3.76. The molecule has 0 saturated heterocycles. The lowest BCUT2D eigenvalue weighted by atomic mass is 9.89. The minimum Gasteiger partial charge on any atom is -0.497 e. The lowest BCUT2D eigenvalue weighted by Crippen LogP contribution is -2.15. The van der Waals surface area contributed by atoms with Crippen LogP contribution in [-0.2, 0) is 11.2 Å². The van der Waals surface area contributed by atoms with Gasteiger partial charge in [-0.2, -0.15) is 0 Å². The Labute approximate surface area is 129 Å². The summed E-state index contributed by atoms with van der Waals surface area (Å²) in [6.07, 6.45) is 0.406. The summed E-state index contributed by atoms with van der Waals surface area (Å²) in [6, 6.07) is 12.8. The molecule has 2 rings (SSSR count). The summed E-state index contributed by atoms with van der Waals surface area (Å²) in [5.74, 6) is -0.722. The quantitative estimate of drug-likeness (QED) is 0.906. The van der Waals surface area contributed by atoms with Crippen molar-refractivity contribution in [2.75, 3.05) is 7.11 Å². The van der Waals surface area contributed by atoms with Crippen LogP contribution in [0.5, 0.6) is 5.75 Å². The van der Waals surface area contributed by atoms with Crippen molar-refractivity contribution in [3.8, 4) is 5.75 Å². The van der Waals surface area contributed by atoms with Gasteiger partial charge in [-0.25, -0.2) is 0 Å². The van der Waals surface area contributed by atoms with Gasteiger partial charge in [0, 0.05) is 5.02 Å². The number of hydrogen-bond donors (Lipinski definition) is 1. The minimum absolute atomic E-state index is 0.406. The molecule has 0 radical (unpaired) electrons. The topological polar surface area (TPSA) is 46.5 Å². The lowest BCUT2D eigenvalue weighted by Gasteiger charge is -2.16. The summed E-state index contributed by atoms with van der Waals surface area (Å²) < 4.78 is 5.16. The Morgan fingerprint density at radius 3 is 2.62 bits per heavy atom. The first-order valence-electron chi connectivity index (χ1n) is 6.63. The number of carboxylic acids is 1. The van der Waals surface area contributed by atoms with E-state index in [2.05, 4.69) is 0 Å². The van der Waals surface area contributed by atoms with Crippen LogP contribution in [0.2, 0.25) is 5.02 Å². The van der Waals surface area contributed by atoms with Gasteiger partial charge in [-0.15, -0.1) is 0 Å². The van der Waals surface area contributed by atoms with Crippen LogP contribution in [0.25, 0.3) is 0 Å². The van der Waals surface area contributed by atoms with Gasteiger partial charge in [-0.05, 0) is 54.3 Å². The Morgan fingerprint density at radius 1 is 1.29 bits per heavy atom. The number of aliphatic carboxylic acids is 1. The summed E-state index contributed by atoms with van der Waals surface area (Å²) in [5.41, 5.74) is 2.61. The number of hydrogen-bond acceptors (Lipinski definition) is 2. The van der Waals surface area contributed by atoms with Crippen molar-refractivity contribution in [1.29, 1.82) is 0 Å². The highest BCUT2D eigenvalue weighted by atomic mass is 35.5. The predicted octanol–water partition coefficient (Wildman–Crippen LogP) is 4.07. The van der Waals surface area contributed by atoms with E-state index in [9.17, 15) is 9.90 Å². The van der Waals surface area contributed by atoms with Crippen molar-refractivity contribution in [2.45, 2.75) is 19.3 Å². The van der Waals surface area contributed by atoms with Crippen molar-refractivity contribution in [2.24, 2.45) is 0 Å². The van der Waals surface area contributed by atoms with Gasteiger partial charge in [-0.3, -0.25) is 4.79 Å². The molecule has 2 aromatic rings. The average Bonchev–Trinajstić information content (AvgIpc) is 2.45. The van der Waals surface area contributed by atoms with Crippen LogP contribution in [0.1, 0.15) is 22.6 Å². The van der Waals surface area contributed by atoms with Gasteiger partial charge in [0.25, 0.3) is 0 Å². The molecular formula is C17H17ClO3. The zero-order valence-corrected chi connectivity index (χ0v) is 12.7. The molecule has 0 saturated carbocycles. The normalized spacial score (nSPS) is 12.0. The molecule has 3 nitrogen and oxygen atoms in total. The summed E-state index contributed by atoms with van der Waals surface area (Å²) in [7, 11) is 1.59. The van der Waals surface area contributed by atoms with Gasteiger partial charge >= 0.3 is 5.97 Å². The van der Waals surface area contributed by atoms with Crippen LogP contribution in [0.4, 0.5) is 0 Å². The monoisotopic (exact) mass is 304 g/mol. The molecule has 0 aliphatic heterocycles. The highest BCUT2D eigenvalue weighted by Crippen LogP contribution is 2.28. The number of ether oxygens (including phenoxy) is 1. The van der Waals surface area contributed by atoms with Crippen molar-refractivity contribution < 1.29 is 14.6 Å². The fourth-order valence-electron chi connectivity index (χ4n) is 2.40. The number of rotatable bonds is 5. The van der Waals surface area contributed by atoms with E-state index in [0.717, 1.165) is 22.4 Å². The largest absolute Gasteiger partial charge is 0.497 e. The Balaban J connectivity index is 2.33. The third-order valence-corrected chi connectivity index (χ3v) is 3.71. The van der Waals surface area contributed by atoms with E-state index in [4.69, 9.17) is 16.3 Å². The maximum Gasteiger partial charge on any atom is 0.311 e. The van der Waals surface area contributed by atoms with Crippen LogP contribution >= 0.6 is 11.6 Å². The molecule has 0 bridgehead atoms. The van der Waals surface area contributed by atoms with Crippen LogP contribution in [0.3, 0.4) is 0 Å². The van der Waals surface area contributed by atoms with E-state index in [1.54, 1.807) is 25.3 Å². The first-order chi connectivity index (χ1) is 10.0. The number of halogens is 1. The second-order valence-corrected chi connectivity index (χ2v) is 5.38. The maximum atomic E-state index is 11.6. The molecule has 1 unspecified atom stereocenters. The SMILES string of the molecule is COc1ccc(C(Cc2cccc(Cl)c2)C(=O)O)c(C)c1. The first kappa shape index (κ1) is 15.4.